The van der Waals surface area contributed by atoms with Gasteiger partial charge in [-0.2, -0.15) is 0 Å². The van der Waals surface area contributed by atoms with Crippen LogP contribution >= 0.6 is 11.6 Å². The molecule has 0 aromatic heterocycles. The third-order valence-electron chi connectivity index (χ3n) is 8.88. The van der Waals surface area contributed by atoms with Gasteiger partial charge in [0, 0.05) is 31.9 Å². The molecule has 5 atom stereocenters. The van der Waals surface area contributed by atoms with Gasteiger partial charge < -0.3 is 29.3 Å². The monoisotopic (exact) mass is 621 g/mol. The molecule has 0 radical (unpaired) electrons. The summed E-state index contributed by atoms with van der Waals surface area (Å²) < 4.78 is 12.2. The van der Waals surface area contributed by atoms with Crippen molar-refractivity contribution in [3.8, 4) is 5.75 Å². The quantitative estimate of drug-likeness (QED) is 0.244. The number of hydrogen-bond donors (Lipinski definition) is 1. The van der Waals surface area contributed by atoms with Crippen LogP contribution in [0.15, 0.2) is 73.8 Å². The summed E-state index contributed by atoms with van der Waals surface area (Å²) >= 11 is 6.54. The van der Waals surface area contributed by atoms with Crippen LogP contribution < -0.4 is 14.5 Å². The van der Waals surface area contributed by atoms with E-state index in [2.05, 4.69) is 13.2 Å². The fourth-order valence-electron chi connectivity index (χ4n) is 7.12. The van der Waals surface area contributed by atoms with Crippen molar-refractivity contribution in [1.82, 2.24) is 4.90 Å². The average Bonchev–Trinajstić information content (AvgIpc) is 3.67. The summed E-state index contributed by atoms with van der Waals surface area (Å²) in [6.07, 6.45) is 4.76. The number of para-hydroxylation sites is 1. The molecule has 10 heteroatoms. The maximum atomic E-state index is 14.6. The second kappa shape index (κ2) is 13.5. The Morgan fingerprint density at radius 1 is 1.09 bits per heavy atom. The maximum absolute atomic E-state index is 14.6. The van der Waals surface area contributed by atoms with Crippen LogP contribution in [0.25, 0.3) is 0 Å². The van der Waals surface area contributed by atoms with Crippen molar-refractivity contribution in [1.29, 1.82) is 0 Å². The van der Waals surface area contributed by atoms with E-state index in [0.717, 1.165) is 0 Å². The van der Waals surface area contributed by atoms with E-state index in [0.29, 0.717) is 54.4 Å². The van der Waals surface area contributed by atoms with Crippen molar-refractivity contribution in [3.63, 3.8) is 0 Å². The normalized spacial score (nSPS) is 25.1. The molecule has 0 saturated carbocycles. The number of anilines is 2. The minimum Gasteiger partial charge on any atom is -0.494 e. The van der Waals surface area contributed by atoms with Crippen molar-refractivity contribution in [2.24, 2.45) is 11.8 Å². The van der Waals surface area contributed by atoms with Crippen LogP contribution in [0, 0.1) is 11.8 Å². The molecule has 2 unspecified atom stereocenters. The van der Waals surface area contributed by atoms with Gasteiger partial charge in [-0.3, -0.25) is 14.4 Å². The molecule has 44 heavy (non-hydrogen) atoms. The first-order valence-corrected chi connectivity index (χ1v) is 15.6. The molecule has 1 N–H and O–H groups in total. The number of benzene rings is 2. The van der Waals surface area contributed by atoms with E-state index >= 15 is 0 Å². The molecule has 1 spiro atoms. The molecule has 5 rings (SSSR count). The number of halogens is 1. The van der Waals surface area contributed by atoms with Crippen molar-refractivity contribution in [2.45, 2.75) is 50.4 Å². The summed E-state index contributed by atoms with van der Waals surface area (Å²) in [5.74, 6) is -1.75. The Morgan fingerprint density at radius 3 is 2.45 bits per heavy atom. The minimum atomic E-state index is -1.17. The van der Waals surface area contributed by atoms with Gasteiger partial charge in [0.2, 0.25) is 11.8 Å². The summed E-state index contributed by atoms with van der Waals surface area (Å²) in [5.41, 5.74) is -0.00371. The second-order valence-electron chi connectivity index (χ2n) is 11.4. The molecule has 3 fully saturated rings. The lowest BCUT2D eigenvalue weighted by Gasteiger charge is -2.37. The van der Waals surface area contributed by atoms with Crippen LogP contribution in [0.1, 0.15) is 32.6 Å². The Kier molecular flexibility index (Phi) is 9.78. The number of nitrogens with zero attached hydrogens (tertiary/aromatic N) is 3. The number of ether oxygens (including phenoxy) is 2. The minimum absolute atomic E-state index is 0.0320. The van der Waals surface area contributed by atoms with Gasteiger partial charge in [-0.1, -0.05) is 35.9 Å². The number of rotatable bonds is 14. The molecule has 9 nitrogen and oxygen atoms in total. The fourth-order valence-corrected chi connectivity index (χ4v) is 7.36. The topological polar surface area (TPSA) is 99.6 Å². The zero-order valence-electron chi connectivity index (χ0n) is 25.1. The largest absolute Gasteiger partial charge is 0.494 e. The standard InChI is InChI=1S/C34H40ClN3O6/c1-4-19-36(23-13-15-24(16-14-23)43-6-3)31(40)28-27-17-18-34(44-27)29(28)32(41)38(21-9-10-22-39)30(34)33(42)37(20-5-2)26-12-8-7-11-25(26)35/h4-5,7-8,11-16,27-30,39H,1-2,6,9-10,17-22H2,3H3/t27-,28+,29-,30?,34?/m0/s1. The number of carbonyl (C=O) groups is 3. The highest BCUT2D eigenvalue weighted by Crippen LogP contribution is 2.59. The van der Waals surface area contributed by atoms with Gasteiger partial charge in [0.25, 0.3) is 5.91 Å². The smallest absolute Gasteiger partial charge is 0.253 e. The Morgan fingerprint density at radius 2 is 1.80 bits per heavy atom. The third kappa shape index (κ3) is 5.53. The first-order chi connectivity index (χ1) is 21.3. The summed E-state index contributed by atoms with van der Waals surface area (Å²) in [6.45, 7) is 10.8. The Balaban J connectivity index is 1.53. The number of amides is 3. The first kappa shape index (κ1) is 31.8. The van der Waals surface area contributed by atoms with E-state index in [1.165, 1.54) is 0 Å². The molecule has 2 aromatic carbocycles. The van der Waals surface area contributed by atoms with Crippen LogP contribution in [0.3, 0.4) is 0 Å². The number of unbranched alkanes of at least 4 members (excludes halogenated alkanes) is 1. The van der Waals surface area contributed by atoms with Crippen LogP contribution in [0.5, 0.6) is 5.75 Å². The molecule has 3 saturated heterocycles. The predicted molar refractivity (Wildman–Crippen MR) is 170 cm³/mol. The number of hydrogen-bond acceptors (Lipinski definition) is 6. The molecule has 3 aliphatic rings. The van der Waals surface area contributed by atoms with E-state index in [1.54, 1.807) is 51.1 Å². The summed E-state index contributed by atoms with van der Waals surface area (Å²) in [5, 5.41) is 9.87. The third-order valence-corrected chi connectivity index (χ3v) is 9.20. The molecular formula is C34H40ClN3O6. The zero-order valence-corrected chi connectivity index (χ0v) is 25.8. The van der Waals surface area contributed by atoms with Crippen molar-refractivity contribution in [3.05, 3.63) is 78.9 Å². The fraction of sp³-hybridized carbons (Fsp3) is 0.441. The molecule has 0 aliphatic carbocycles. The molecular weight excluding hydrogens is 582 g/mol. The molecule has 3 amide bonds. The molecule has 3 heterocycles. The van der Waals surface area contributed by atoms with Crippen molar-refractivity contribution in [2.75, 3.05) is 42.6 Å². The maximum Gasteiger partial charge on any atom is 0.253 e. The van der Waals surface area contributed by atoms with Gasteiger partial charge in [0.15, 0.2) is 0 Å². The average molecular weight is 622 g/mol. The van der Waals surface area contributed by atoms with Gasteiger partial charge in [-0.15, -0.1) is 13.2 Å². The molecule has 234 valence electrons. The van der Waals surface area contributed by atoms with Gasteiger partial charge in [-0.25, -0.2) is 0 Å². The van der Waals surface area contributed by atoms with Gasteiger partial charge in [0.05, 0.1) is 35.3 Å². The number of fused-ring (bicyclic) bond motifs is 1. The molecule has 3 aliphatic heterocycles. The lowest BCUT2D eigenvalue weighted by molar-refractivity contribution is -0.140. The second-order valence-corrected chi connectivity index (χ2v) is 11.8. The van der Waals surface area contributed by atoms with Crippen LogP contribution in [0.4, 0.5) is 11.4 Å². The Labute approximate surface area is 263 Å². The highest BCUT2D eigenvalue weighted by Gasteiger charge is 2.75. The van der Waals surface area contributed by atoms with E-state index in [9.17, 15) is 19.5 Å². The number of likely N-dealkylation sites (tertiary alicyclic amines) is 1. The van der Waals surface area contributed by atoms with Crippen molar-refractivity contribution < 1.29 is 29.0 Å². The number of aliphatic hydroxyl groups is 1. The van der Waals surface area contributed by atoms with Gasteiger partial charge in [0.1, 0.15) is 17.4 Å². The number of aliphatic hydroxyl groups excluding tert-OH is 1. The van der Waals surface area contributed by atoms with E-state index in [4.69, 9.17) is 21.1 Å². The van der Waals surface area contributed by atoms with E-state index in [-0.39, 0.29) is 44.0 Å². The van der Waals surface area contributed by atoms with Gasteiger partial charge >= 0.3 is 0 Å². The SMILES string of the molecule is C=CCN(C(=O)[C@@H]1[C@@H]2CCC3(O2)C(C(=O)N(CC=C)c2ccccc2Cl)N(CCCCO)C(=O)[C@H]13)c1ccc(OCC)cc1. The van der Waals surface area contributed by atoms with Crippen LogP contribution in [-0.2, 0) is 19.1 Å². The zero-order chi connectivity index (χ0) is 31.4. The summed E-state index contributed by atoms with van der Waals surface area (Å²) in [4.78, 5) is 48.1. The Hall–Kier alpha value is -3.66. The van der Waals surface area contributed by atoms with E-state index in [1.807, 2.05) is 31.2 Å². The lowest BCUT2D eigenvalue weighted by Crippen LogP contribution is -2.56. The van der Waals surface area contributed by atoms with Gasteiger partial charge in [-0.05, 0) is 69.0 Å². The molecule has 2 bridgehead atoms. The summed E-state index contributed by atoms with van der Waals surface area (Å²) in [7, 11) is 0. The Bertz CT molecular complexity index is 1400. The predicted octanol–water partition coefficient (Wildman–Crippen LogP) is 4.62. The molecule has 2 aromatic rings. The number of carbonyl (C=O) groups excluding carboxylic acids is 3. The highest BCUT2D eigenvalue weighted by molar-refractivity contribution is 6.34. The van der Waals surface area contributed by atoms with Crippen LogP contribution in [-0.4, -0.2) is 78.3 Å². The highest BCUT2D eigenvalue weighted by atomic mass is 35.5. The summed E-state index contributed by atoms with van der Waals surface area (Å²) in [6, 6.07) is 13.3. The van der Waals surface area contributed by atoms with Crippen LogP contribution in [0.2, 0.25) is 5.02 Å². The lowest BCUT2D eigenvalue weighted by atomic mass is 9.70. The van der Waals surface area contributed by atoms with Crippen molar-refractivity contribution >= 4 is 40.7 Å². The van der Waals surface area contributed by atoms with E-state index < -0.39 is 29.6 Å². The first-order valence-electron chi connectivity index (χ1n) is 15.2.